The van der Waals surface area contributed by atoms with Gasteiger partial charge in [-0.15, -0.1) is 5.10 Å². The summed E-state index contributed by atoms with van der Waals surface area (Å²) in [5, 5.41) is 13.2. The Morgan fingerprint density at radius 1 is 1.17 bits per heavy atom. The molecule has 9 heteroatoms. The maximum absolute atomic E-state index is 6.30. The Kier molecular flexibility index (Phi) is 4.49. The third-order valence-electron chi connectivity index (χ3n) is 4.80. The van der Waals surface area contributed by atoms with Crippen molar-refractivity contribution in [2.75, 3.05) is 7.11 Å². The number of nitrogens with zero attached hydrogens (tertiary/aromatic N) is 5. The van der Waals surface area contributed by atoms with Crippen LogP contribution in [0.2, 0.25) is 5.02 Å². The van der Waals surface area contributed by atoms with Crippen molar-refractivity contribution in [3.05, 3.63) is 64.8 Å². The van der Waals surface area contributed by atoms with Crippen molar-refractivity contribution in [1.29, 1.82) is 0 Å². The maximum Gasteiger partial charge on any atom is 0.258 e. The molecule has 2 aromatic heterocycles. The molecule has 0 amide bonds. The highest BCUT2D eigenvalue weighted by Crippen LogP contribution is 2.33. The van der Waals surface area contributed by atoms with Crippen molar-refractivity contribution in [3.63, 3.8) is 0 Å². The van der Waals surface area contributed by atoms with E-state index >= 15 is 0 Å². The largest absolute Gasteiger partial charge is 0.497 e. The van der Waals surface area contributed by atoms with E-state index in [1.165, 1.54) is 0 Å². The zero-order chi connectivity index (χ0) is 19.8. The van der Waals surface area contributed by atoms with E-state index < -0.39 is 0 Å². The van der Waals surface area contributed by atoms with Crippen molar-refractivity contribution < 1.29 is 14.0 Å². The van der Waals surface area contributed by atoms with Crippen LogP contribution in [0.15, 0.2) is 53.1 Å². The molecule has 0 spiro atoms. The standard InChI is InChI=1S/C20H16ClN5O3/c1-27-13-6-4-5-12(9-13)20-22-19(24-29-20)18-16-11-28-17(10-26(16)25-23-18)14-7-2-3-8-15(14)21/h2-9,17H,10-11H2,1H3/t17-/m0/s1. The van der Waals surface area contributed by atoms with Gasteiger partial charge in [-0.2, -0.15) is 4.98 Å². The van der Waals surface area contributed by atoms with Crippen molar-refractivity contribution in [3.8, 4) is 28.7 Å². The van der Waals surface area contributed by atoms with Gasteiger partial charge in [0.2, 0.25) is 5.82 Å². The number of aromatic nitrogens is 5. The minimum atomic E-state index is -0.191. The van der Waals surface area contributed by atoms with Crippen LogP contribution in [-0.4, -0.2) is 32.2 Å². The molecule has 0 saturated carbocycles. The number of hydrogen-bond donors (Lipinski definition) is 0. The number of ether oxygens (including phenoxy) is 2. The number of halogens is 1. The summed E-state index contributed by atoms with van der Waals surface area (Å²) in [5.74, 6) is 1.46. The lowest BCUT2D eigenvalue weighted by molar-refractivity contribution is -0.00106. The van der Waals surface area contributed by atoms with E-state index in [-0.39, 0.29) is 6.10 Å². The lowest BCUT2D eigenvalue weighted by Gasteiger charge is -2.24. The molecular formula is C20H16ClN5O3. The molecule has 3 heterocycles. The number of benzene rings is 2. The fraction of sp³-hybridized carbons (Fsp3) is 0.200. The summed E-state index contributed by atoms with van der Waals surface area (Å²) in [7, 11) is 1.61. The molecule has 4 aromatic rings. The van der Waals surface area contributed by atoms with Gasteiger partial charge in [0.25, 0.3) is 5.89 Å². The third kappa shape index (κ3) is 3.26. The zero-order valence-corrected chi connectivity index (χ0v) is 16.2. The van der Waals surface area contributed by atoms with E-state index in [1.54, 1.807) is 11.8 Å². The molecule has 1 atom stereocenters. The van der Waals surface area contributed by atoms with Crippen LogP contribution in [0.5, 0.6) is 5.75 Å². The quantitative estimate of drug-likeness (QED) is 0.504. The highest BCUT2D eigenvalue weighted by molar-refractivity contribution is 6.31. The van der Waals surface area contributed by atoms with E-state index in [9.17, 15) is 0 Å². The van der Waals surface area contributed by atoms with Gasteiger partial charge in [0.05, 0.1) is 26.0 Å². The minimum absolute atomic E-state index is 0.191. The molecule has 1 aliphatic rings. The first-order valence-electron chi connectivity index (χ1n) is 9.00. The lowest BCUT2D eigenvalue weighted by Crippen LogP contribution is -2.22. The Balaban J connectivity index is 1.42. The van der Waals surface area contributed by atoms with E-state index in [4.69, 9.17) is 25.6 Å². The summed E-state index contributed by atoms with van der Waals surface area (Å²) in [5.41, 5.74) is 3.03. The average Bonchev–Trinajstić information content (AvgIpc) is 3.40. The number of hydrogen-bond acceptors (Lipinski definition) is 7. The fourth-order valence-corrected chi connectivity index (χ4v) is 3.56. The predicted octanol–water partition coefficient (Wildman–Crippen LogP) is 3.93. The Hall–Kier alpha value is -3.23. The molecule has 29 heavy (non-hydrogen) atoms. The van der Waals surface area contributed by atoms with Gasteiger partial charge in [0.1, 0.15) is 11.9 Å². The summed E-state index contributed by atoms with van der Waals surface area (Å²) in [6.45, 7) is 0.827. The molecular weight excluding hydrogens is 394 g/mol. The molecule has 0 unspecified atom stereocenters. The van der Waals surface area contributed by atoms with Crippen molar-refractivity contribution in [2.24, 2.45) is 0 Å². The predicted molar refractivity (Wildman–Crippen MR) is 104 cm³/mol. The SMILES string of the molecule is COc1cccc(-c2nc(-c3nnn4c3CO[C@H](c3ccccc3Cl)C4)no2)c1. The van der Waals surface area contributed by atoms with Gasteiger partial charge in [0, 0.05) is 16.1 Å². The van der Waals surface area contributed by atoms with Gasteiger partial charge in [-0.1, -0.05) is 46.2 Å². The monoisotopic (exact) mass is 409 g/mol. The van der Waals surface area contributed by atoms with Crippen molar-refractivity contribution in [2.45, 2.75) is 19.3 Å². The maximum atomic E-state index is 6.30. The van der Waals surface area contributed by atoms with Crippen LogP contribution in [0.4, 0.5) is 0 Å². The Morgan fingerprint density at radius 3 is 2.93 bits per heavy atom. The topological polar surface area (TPSA) is 88.1 Å². The molecule has 0 bridgehead atoms. The second kappa shape index (κ2) is 7.31. The van der Waals surface area contributed by atoms with E-state index in [0.29, 0.717) is 41.3 Å². The first kappa shape index (κ1) is 17.8. The van der Waals surface area contributed by atoms with Crippen molar-refractivity contribution in [1.82, 2.24) is 25.1 Å². The van der Waals surface area contributed by atoms with Gasteiger partial charge < -0.3 is 14.0 Å². The molecule has 2 aromatic carbocycles. The first-order valence-corrected chi connectivity index (χ1v) is 9.37. The molecule has 0 fully saturated rings. The lowest BCUT2D eigenvalue weighted by atomic mass is 10.1. The van der Waals surface area contributed by atoms with Crippen molar-refractivity contribution >= 4 is 11.6 Å². The van der Waals surface area contributed by atoms with E-state index in [2.05, 4.69) is 20.5 Å². The van der Waals surface area contributed by atoms with Gasteiger partial charge in [0.15, 0.2) is 5.69 Å². The number of rotatable bonds is 4. The summed E-state index contributed by atoms with van der Waals surface area (Å²) in [6.07, 6.45) is -0.191. The van der Waals surface area contributed by atoms with Crippen LogP contribution >= 0.6 is 11.6 Å². The summed E-state index contributed by atoms with van der Waals surface area (Å²) in [6, 6.07) is 15.0. The molecule has 0 aliphatic carbocycles. The molecule has 0 N–H and O–H groups in total. The first-order chi connectivity index (χ1) is 14.2. The minimum Gasteiger partial charge on any atom is -0.497 e. The van der Waals surface area contributed by atoms with Gasteiger partial charge in [-0.3, -0.25) is 0 Å². The third-order valence-corrected chi connectivity index (χ3v) is 5.15. The van der Waals surface area contributed by atoms with E-state index in [0.717, 1.165) is 16.8 Å². The second-order valence-electron chi connectivity index (χ2n) is 6.54. The van der Waals surface area contributed by atoms with Gasteiger partial charge >= 0.3 is 0 Å². The molecule has 0 radical (unpaired) electrons. The van der Waals surface area contributed by atoms with Crippen LogP contribution < -0.4 is 4.74 Å². The molecule has 5 rings (SSSR count). The second-order valence-corrected chi connectivity index (χ2v) is 6.95. The van der Waals surface area contributed by atoms with Crippen LogP contribution in [0, 0.1) is 0 Å². The fourth-order valence-electron chi connectivity index (χ4n) is 3.30. The molecule has 1 aliphatic heterocycles. The molecule has 146 valence electrons. The highest BCUT2D eigenvalue weighted by Gasteiger charge is 2.28. The zero-order valence-electron chi connectivity index (χ0n) is 15.4. The van der Waals surface area contributed by atoms with E-state index in [1.807, 2.05) is 48.5 Å². The summed E-state index contributed by atoms with van der Waals surface area (Å²) >= 11 is 6.30. The highest BCUT2D eigenvalue weighted by atomic mass is 35.5. The van der Waals surface area contributed by atoms with Crippen LogP contribution in [0.25, 0.3) is 23.0 Å². The average molecular weight is 410 g/mol. The van der Waals surface area contributed by atoms with Crippen LogP contribution in [-0.2, 0) is 17.9 Å². The number of fused-ring (bicyclic) bond motifs is 1. The van der Waals surface area contributed by atoms with Gasteiger partial charge in [-0.25, -0.2) is 4.68 Å². The molecule has 8 nitrogen and oxygen atoms in total. The summed E-state index contributed by atoms with van der Waals surface area (Å²) < 4.78 is 18.5. The Morgan fingerprint density at radius 2 is 2.07 bits per heavy atom. The van der Waals surface area contributed by atoms with Crippen LogP contribution in [0.1, 0.15) is 17.4 Å². The van der Waals surface area contributed by atoms with Crippen LogP contribution in [0.3, 0.4) is 0 Å². The Labute approximate surface area is 171 Å². The number of methoxy groups -OCH3 is 1. The normalized spacial score (nSPS) is 15.9. The Bertz CT molecular complexity index is 1170. The molecule has 0 saturated heterocycles. The smallest absolute Gasteiger partial charge is 0.258 e. The summed E-state index contributed by atoms with van der Waals surface area (Å²) in [4.78, 5) is 4.47. The van der Waals surface area contributed by atoms with Gasteiger partial charge in [-0.05, 0) is 24.3 Å².